The van der Waals surface area contributed by atoms with Gasteiger partial charge in [-0.2, -0.15) is 0 Å². The summed E-state index contributed by atoms with van der Waals surface area (Å²) in [5.41, 5.74) is 2.35. The number of para-hydroxylation sites is 1. The van der Waals surface area contributed by atoms with Crippen LogP contribution in [0, 0.1) is 0 Å². The second kappa shape index (κ2) is 9.19. The standard InChI is InChI=1S/C19H30N4O2S/c1-3-21(4-2)26(25)22-15-13-20(14-16-22)11-10-19(24)23-12-9-17-7-5-6-8-18(17)23/h5-8H,3-4,9-16H2,1-2H3. The predicted octanol–water partition coefficient (Wildman–Crippen LogP) is 1.50. The molecule has 0 aromatic heterocycles. The maximum atomic E-state index is 12.6. The van der Waals surface area contributed by atoms with Gasteiger partial charge >= 0.3 is 0 Å². The molecular formula is C19H30N4O2S. The average molecular weight is 379 g/mol. The van der Waals surface area contributed by atoms with Gasteiger partial charge in [-0.3, -0.25) is 9.69 Å². The molecule has 1 unspecified atom stereocenters. The van der Waals surface area contributed by atoms with Gasteiger partial charge in [-0.1, -0.05) is 18.2 Å². The Labute approximate surface area is 160 Å². The molecule has 1 atom stereocenters. The van der Waals surface area contributed by atoms with Gasteiger partial charge in [0.25, 0.3) is 0 Å². The van der Waals surface area contributed by atoms with Crippen molar-refractivity contribution in [2.45, 2.75) is 26.7 Å². The number of nitrogens with zero attached hydrogens (tertiary/aromatic N) is 4. The number of fused-ring (bicyclic) bond motifs is 1. The molecule has 1 amide bonds. The lowest BCUT2D eigenvalue weighted by Crippen LogP contribution is -2.53. The summed E-state index contributed by atoms with van der Waals surface area (Å²) in [7, 11) is 0. The van der Waals surface area contributed by atoms with E-state index in [1.165, 1.54) is 5.56 Å². The number of hydrogen-bond donors (Lipinski definition) is 0. The third-order valence-electron chi connectivity index (χ3n) is 5.31. The van der Waals surface area contributed by atoms with E-state index in [2.05, 4.69) is 11.0 Å². The topological polar surface area (TPSA) is 53.1 Å². The van der Waals surface area contributed by atoms with Gasteiger partial charge < -0.3 is 9.45 Å². The lowest BCUT2D eigenvalue weighted by atomic mass is 10.2. The molecular weight excluding hydrogens is 348 g/mol. The molecule has 1 aromatic rings. The first kappa shape index (κ1) is 19.6. The number of anilines is 1. The lowest BCUT2D eigenvalue weighted by Gasteiger charge is -2.36. The summed E-state index contributed by atoms with van der Waals surface area (Å²) in [6.07, 6.45) is 1.51. The van der Waals surface area contributed by atoms with E-state index in [9.17, 15) is 9.35 Å². The van der Waals surface area contributed by atoms with E-state index in [-0.39, 0.29) is 5.91 Å². The maximum Gasteiger partial charge on any atom is 0.228 e. The summed E-state index contributed by atoms with van der Waals surface area (Å²) in [4.78, 5) is 16.9. The Morgan fingerprint density at radius 3 is 2.50 bits per heavy atom. The van der Waals surface area contributed by atoms with E-state index < -0.39 is 11.5 Å². The minimum atomic E-state index is -1.03. The van der Waals surface area contributed by atoms with Crippen LogP contribution in [0.3, 0.4) is 0 Å². The minimum Gasteiger partial charge on any atom is -0.578 e. The maximum absolute atomic E-state index is 12.6. The summed E-state index contributed by atoms with van der Waals surface area (Å²) < 4.78 is 16.5. The van der Waals surface area contributed by atoms with E-state index >= 15 is 0 Å². The smallest absolute Gasteiger partial charge is 0.228 e. The van der Waals surface area contributed by atoms with E-state index in [0.717, 1.165) is 64.5 Å². The van der Waals surface area contributed by atoms with Crippen LogP contribution < -0.4 is 4.90 Å². The molecule has 2 aliphatic heterocycles. The van der Waals surface area contributed by atoms with Crippen LogP contribution in [0.25, 0.3) is 0 Å². The summed E-state index contributed by atoms with van der Waals surface area (Å²) in [6.45, 7) is 10.6. The number of amides is 1. The Hall–Kier alpha value is -1.12. The van der Waals surface area contributed by atoms with Crippen LogP contribution in [0.4, 0.5) is 5.69 Å². The molecule has 144 valence electrons. The zero-order chi connectivity index (χ0) is 18.5. The number of hydrogen-bond acceptors (Lipinski definition) is 5. The Morgan fingerprint density at radius 2 is 1.81 bits per heavy atom. The van der Waals surface area contributed by atoms with Crippen LogP contribution in [0.2, 0.25) is 0 Å². The van der Waals surface area contributed by atoms with E-state index in [1.807, 2.05) is 45.6 Å². The van der Waals surface area contributed by atoms with Crippen molar-refractivity contribution in [1.82, 2.24) is 13.5 Å². The van der Waals surface area contributed by atoms with Gasteiger partial charge in [0.2, 0.25) is 5.91 Å². The molecule has 0 aliphatic carbocycles. The Kier molecular flexibility index (Phi) is 6.94. The number of piperazine rings is 1. The highest BCUT2D eigenvalue weighted by Crippen LogP contribution is 2.27. The van der Waals surface area contributed by atoms with Gasteiger partial charge in [-0.15, -0.1) is 8.61 Å². The largest absolute Gasteiger partial charge is 0.578 e. The Morgan fingerprint density at radius 1 is 1.12 bits per heavy atom. The van der Waals surface area contributed by atoms with E-state index in [0.29, 0.717) is 6.42 Å². The third kappa shape index (κ3) is 4.40. The number of benzene rings is 1. The van der Waals surface area contributed by atoms with Crippen molar-refractivity contribution in [3.63, 3.8) is 0 Å². The first-order chi connectivity index (χ1) is 12.6. The van der Waals surface area contributed by atoms with Crippen molar-refractivity contribution in [3.05, 3.63) is 29.8 Å². The second-order valence-corrected chi connectivity index (χ2v) is 8.28. The van der Waals surface area contributed by atoms with Gasteiger partial charge in [0.15, 0.2) is 0 Å². The Bertz CT molecular complexity index is 603. The summed E-state index contributed by atoms with van der Waals surface area (Å²) >= 11 is -1.03. The fraction of sp³-hybridized carbons (Fsp3) is 0.632. The van der Waals surface area contributed by atoms with Crippen molar-refractivity contribution >= 4 is 23.1 Å². The molecule has 1 saturated heterocycles. The zero-order valence-electron chi connectivity index (χ0n) is 15.9. The van der Waals surface area contributed by atoms with E-state index in [1.54, 1.807) is 0 Å². The van der Waals surface area contributed by atoms with Crippen molar-refractivity contribution in [3.8, 4) is 0 Å². The molecule has 1 aromatic carbocycles. The van der Waals surface area contributed by atoms with Crippen LogP contribution >= 0.6 is 0 Å². The molecule has 0 radical (unpaired) electrons. The monoisotopic (exact) mass is 378 g/mol. The molecule has 0 saturated carbocycles. The van der Waals surface area contributed by atoms with Crippen molar-refractivity contribution in [2.75, 3.05) is 57.3 Å². The Balaban J connectivity index is 1.44. The highest BCUT2D eigenvalue weighted by atomic mass is 32.2. The average Bonchev–Trinajstić information content (AvgIpc) is 3.11. The fourth-order valence-electron chi connectivity index (χ4n) is 3.70. The molecule has 0 bridgehead atoms. The molecule has 2 heterocycles. The first-order valence-electron chi connectivity index (χ1n) is 9.66. The number of carbonyl (C=O) groups is 1. The summed E-state index contributed by atoms with van der Waals surface area (Å²) in [5, 5.41) is 0. The predicted molar refractivity (Wildman–Crippen MR) is 106 cm³/mol. The molecule has 2 aliphatic rings. The number of carbonyl (C=O) groups excluding carboxylic acids is 1. The second-order valence-electron chi connectivity index (χ2n) is 6.79. The van der Waals surface area contributed by atoms with Gasteiger partial charge in [0, 0.05) is 51.4 Å². The molecule has 0 spiro atoms. The van der Waals surface area contributed by atoms with Crippen molar-refractivity contribution in [2.24, 2.45) is 0 Å². The fourth-order valence-corrected chi connectivity index (χ4v) is 4.95. The highest BCUT2D eigenvalue weighted by Gasteiger charge is 2.30. The normalized spacial score (nSPS) is 19.8. The molecule has 6 nitrogen and oxygen atoms in total. The van der Waals surface area contributed by atoms with Gasteiger partial charge in [0.05, 0.1) is 13.1 Å². The van der Waals surface area contributed by atoms with Crippen molar-refractivity contribution in [1.29, 1.82) is 0 Å². The quantitative estimate of drug-likeness (QED) is 0.673. The van der Waals surface area contributed by atoms with Crippen LogP contribution in [0.1, 0.15) is 25.8 Å². The molecule has 0 N–H and O–H groups in total. The van der Waals surface area contributed by atoms with Gasteiger partial charge in [-0.25, -0.2) is 0 Å². The van der Waals surface area contributed by atoms with E-state index in [4.69, 9.17) is 0 Å². The third-order valence-corrected chi connectivity index (χ3v) is 7.07. The zero-order valence-corrected chi connectivity index (χ0v) is 16.7. The summed E-state index contributed by atoms with van der Waals surface area (Å²) in [5.74, 6) is 0.212. The minimum absolute atomic E-state index is 0.212. The number of rotatable bonds is 7. The van der Waals surface area contributed by atoms with Crippen LogP contribution in [-0.4, -0.2) is 76.3 Å². The molecule has 26 heavy (non-hydrogen) atoms. The van der Waals surface area contributed by atoms with Crippen LogP contribution in [0.15, 0.2) is 24.3 Å². The first-order valence-corrected chi connectivity index (χ1v) is 10.7. The summed E-state index contributed by atoms with van der Waals surface area (Å²) in [6, 6.07) is 8.19. The molecule has 1 fully saturated rings. The molecule has 7 heteroatoms. The van der Waals surface area contributed by atoms with Crippen LogP contribution in [-0.2, 0) is 22.8 Å². The van der Waals surface area contributed by atoms with Gasteiger partial charge in [0.1, 0.15) is 11.5 Å². The van der Waals surface area contributed by atoms with Gasteiger partial charge in [-0.05, 0) is 31.9 Å². The lowest BCUT2D eigenvalue weighted by molar-refractivity contribution is -0.118. The highest BCUT2D eigenvalue weighted by molar-refractivity contribution is 7.86. The molecule has 3 rings (SSSR count). The SMILES string of the molecule is CCN(CC)[S+]([O-])N1CCN(CCC(=O)N2CCc3ccccc32)CC1. The van der Waals surface area contributed by atoms with Crippen LogP contribution in [0.5, 0.6) is 0 Å². The van der Waals surface area contributed by atoms with Crippen molar-refractivity contribution < 1.29 is 9.35 Å².